The minimum Gasteiger partial charge on any atom is -0.478 e. The molecule has 0 atom stereocenters. The van der Waals surface area contributed by atoms with Crippen molar-refractivity contribution in [2.24, 2.45) is 0 Å². The number of nitrogens with one attached hydrogen (secondary N) is 5. The van der Waals surface area contributed by atoms with Crippen molar-refractivity contribution >= 4 is 82.2 Å². The molecule has 16 nitrogen and oxygen atoms in total. The Bertz CT molecular complexity index is 2490. The van der Waals surface area contributed by atoms with Crippen molar-refractivity contribution in [2.45, 2.75) is 79.4 Å². The van der Waals surface area contributed by atoms with Gasteiger partial charge in [-0.2, -0.15) is 0 Å². The highest BCUT2D eigenvalue weighted by molar-refractivity contribution is 6.05. The van der Waals surface area contributed by atoms with E-state index in [9.17, 15) is 28.8 Å². The molecule has 1 fully saturated rings. The van der Waals surface area contributed by atoms with Crippen LogP contribution in [-0.4, -0.2) is 65.4 Å². The topological polar surface area (TPSA) is 237 Å². The Balaban J connectivity index is 0.000000359. The van der Waals surface area contributed by atoms with E-state index in [2.05, 4.69) is 38.4 Å². The van der Waals surface area contributed by atoms with Crippen molar-refractivity contribution in [3.05, 3.63) is 119 Å². The van der Waals surface area contributed by atoms with Crippen LogP contribution in [0.15, 0.2) is 97.1 Å². The maximum absolute atomic E-state index is 12.4. The van der Waals surface area contributed by atoms with Gasteiger partial charge in [-0.3, -0.25) is 25.0 Å². The molecule has 0 aliphatic carbocycles. The Morgan fingerprint density at radius 1 is 0.603 bits per heavy atom. The van der Waals surface area contributed by atoms with Gasteiger partial charge in [0.1, 0.15) is 11.2 Å². The monoisotopic (exact) mass is 928 g/mol. The van der Waals surface area contributed by atoms with Crippen molar-refractivity contribution in [1.29, 1.82) is 0 Å². The molecule has 0 unspecified atom stereocenters. The first-order valence-corrected chi connectivity index (χ1v) is 21.1. The quantitative estimate of drug-likeness (QED) is 0.0474. The number of carboxylic acids is 1. The Labute approximate surface area is 398 Å². The molecule has 4 aromatic rings. The minimum absolute atomic E-state index is 0.135. The van der Waals surface area contributed by atoms with Gasteiger partial charge in [-0.1, -0.05) is 36.1 Å². The van der Waals surface area contributed by atoms with Gasteiger partial charge in [0.05, 0.1) is 22.7 Å². The van der Waals surface area contributed by atoms with Gasteiger partial charge in [0.2, 0.25) is 17.7 Å². The molecule has 5 rings (SSSR count). The predicted octanol–water partition coefficient (Wildman–Crippen LogP) is 9.76. The summed E-state index contributed by atoms with van der Waals surface area (Å²) in [5, 5.41) is 21.6. The van der Waals surface area contributed by atoms with Gasteiger partial charge in [-0.15, -0.1) is 12.8 Å². The lowest BCUT2D eigenvalue weighted by Gasteiger charge is -2.20. The summed E-state index contributed by atoms with van der Waals surface area (Å²) in [5.74, 6) is 3.27. The number of carbonyl (C=O) groups is 6. The average Bonchev–Trinajstić information content (AvgIpc) is 3.84. The number of amides is 5. The molecule has 1 aliphatic heterocycles. The van der Waals surface area contributed by atoms with Crippen molar-refractivity contribution in [1.82, 2.24) is 0 Å². The summed E-state index contributed by atoms with van der Waals surface area (Å²) in [5.41, 5.74) is 10.2. The van der Waals surface area contributed by atoms with Crippen LogP contribution in [0.3, 0.4) is 0 Å². The van der Waals surface area contributed by atoms with E-state index in [1.54, 1.807) is 133 Å². The van der Waals surface area contributed by atoms with Crippen LogP contribution < -0.4 is 32.3 Å². The lowest BCUT2D eigenvalue weighted by molar-refractivity contribution is -0.131. The predicted molar refractivity (Wildman–Crippen MR) is 269 cm³/mol. The summed E-state index contributed by atoms with van der Waals surface area (Å²) in [6.07, 6.45) is 17.6. The molecule has 5 amide bonds. The molecule has 68 heavy (non-hydrogen) atoms. The van der Waals surface area contributed by atoms with E-state index in [1.807, 2.05) is 0 Å². The van der Waals surface area contributed by atoms with Crippen LogP contribution >= 0.6 is 0 Å². The van der Waals surface area contributed by atoms with Crippen LogP contribution in [0.2, 0.25) is 0 Å². The molecular weight excluding hydrogens is 869 g/mol. The highest BCUT2D eigenvalue weighted by atomic mass is 16.6. The van der Waals surface area contributed by atoms with Crippen molar-refractivity contribution in [2.75, 3.05) is 45.5 Å². The van der Waals surface area contributed by atoms with Gasteiger partial charge >= 0.3 is 18.2 Å². The normalized spacial score (nSPS) is 11.6. The average molecular weight is 929 g/mol. The summed E-state index contributed by atoms with van der Waals surface area (Å²) >= 11 is 0. The first kappa shape index (κ1) is 55.8. The third kappa shape index (κ3) is 24.6. The molecule has 8 N–H and O–H groups in total. The second-order valence-electron chi connectivity index (χ2n) is 16.5. The van der Waals surface area contributed by atoms with Gasteiger partial charge in [-0.25, -0.2) is 14.4 Å². The molecule has 1 aliphatic rings. The number of aliphatic carboxylic acids is 1. The molecule has 0 bridgehead atoms. The number of rotatable bonds is 9. The summed E-state index contributed by atoms with van der Waals surface area (Å²) in [6, 6.07) is 23.7. The standard InChI is InChI=1S/C24H25N3O4.C13H16N2O2.C11H11NO3.C4H8O/c1-6-17-9-13-20(27-23(30)31-24(3,4)5)21(15-17)26-22(29)14-10-18-7-11-19(12-8-18)25-16(2)28;1-5-9-6-7-11(10(14)8-9)15-12(16)17-13(2,3)4;1-8(13)12-10-5-2-9(3-6-10)4-7-11(14)15;1-2-4-5-3-1/h1,7-15H,2-5H3,(H,25,28)(H,26,29)(H,27,30);1,6-8H,14H2,2-4H3,(H,15,16);2-7H,1H3,(H,12,13)(H,14,15);1-4H2/b14-10+;;7-4+;. The second-order valence-corrected chi connectivity index (χ2v) is 16.5. The third-order valence-electron chi connectivity index (χ3n) is 8.07. The zero-order chi connectivity index (χ0) is 50.9. The Morgan fingerprint density at radius 3 is 1.41 bits per heavy atom. The van der Waals surface area contributed by atoms with Crippen molar-refractivity contribution < 1.29 is 48.1 Å². The van der Waals surface area contributed by atoms with E-state index in [1.165, 1.54) is 38.8 Å². The van der Waals surface area contributed by atoms with Crippen LogP contribution in [0, 0.1) is 24.7 Å². The highest BCUT2D eigenvalue weighted by Crippen LogP contribution is 2.25. The van der Waals surface area contributed by atoms with Gasteiger partial charge in [0.15, 0.2) is 0 Å². The summed E-state index contributed by atoms with van der Waals surface area (Å²) < 4.78 is 15.3. The molecule has 0 spiro atoms. The molecule has 16 heteroatoms. The number of carboxylic acid groups (broad SMARTS) is 1. The number of anilines is 6. The maximum Gasteiger partial charge on any atom is 0.412 e. The number of benzene rings is 4. The lowest BCUT2D eigenvalue weighted by atomic mass is 10.1. The smallest absolute Gasteiger partial charge is 0.412 e. The first-order chi connectivity index (χ1) is 31.9. The summed E-state index contributed by atoms with van der Waals surface area (Å²) in [6.45, 7) is 15.5. The van der Waals surface area contributed by atoms with Crippen molar-refractivity contribution in [3.63, 3.8) is 0 Å². The largest absolute Gasteiger partial charge is 0.478 e. The molecule has 1 heterocycles. The van der Waals surface area contributed by atoms with Gasteiger partial charge in [0, 0.05) is 61.7 Å². The van der Waals surface area contributed by atoms with Crippen LogP contribution in [0.5, 0.6) is 0 Å². The lowest BCUT2D eigenvalue weighted by Crippen LogP contribution is -2.27. The molecule has 358 valence electrons. The number of nitrogen functional groups attached to an aromatic ring is 1. The molecule has 1 saturated heterocycles. The van der Waals surface area contributed by atoms with E-state index >= 15 is 0 Å². The minimum atomic E-state index is -0.985. The Kier molecular flexibility index (Phi) is 22.9. The molecule has 0 aromatic heterocycles. The SMILES string of the molecule is C#Cc1ccc(NC(=O)OC(C)(C)C)c(N)c1.C#Cc1ccc(NC(=O)OC(C)(C)C)c(NC(=O)/C=C/c2ccc(NC(C)=O)cc2)c1.C1CCOC1.CC(=O)Nc1ccc(/C=C/C(=O)O)cc1. The fourth-order valence-electron chi connectivity index (χ4n) is 5.23. The zero-order valence-electron chi connectivity index (χ0n) is 39.6. The van der Waals surface area contributed by atoms with Gasteiger partial charge < -0.3 is 41.0 Å². The van der Waals surface area contributed by atoms with Gasteiger partial charge in [-0.05, 0) is 138 Å². The zero-order valence-corrected chi connectivity index (χ0v) is 39.6. The number of hydrogen-bond donors (Lipinski definition) is 7. The van der Waals surface area contributed by atoms with Gasteiger partial charge in [0.25, 0.3) is 0 Å². The molecule has 0 radical (unpaired) electrons. The van der Waals surface area contributed by atoms with E-state index in [4.69, 9.17) is 37.9 Å². The second kappa shape index (κ2) is 27.9. The first-order valence-electron chi connectivity index (χ1n) is 21.1. The van der Waals surface area contributed by atoms with Crippen LogP contribution in [-0.2, 0) is 33.4 Å². The highest BCUT2D eigenvalue weighted by Gasteiger charge is 2.19. The van der Waals surface area contributed by atoms with E-state index in [0.29, 0.717) is 45.3 Å². The maximum atomic E-state index is 12.4. The molecule has 0 saturated carbocycles. The fourth-order valence-corrected chi connectivity index (χ4v) is 5.23. The van der Waals surface area contributed by atoms with E-state index < -0.39 is 35.3 Å². The number of hydrogen-bond acceptors (Lipinski definition) is 10. The summed E-state index contributed by atoms with van der Waals surface area (Å²) in [4.78, 5) is 68.0. The number of terminal acetylenes is 2. The molecular formula is C52H60N6O10. The number of ether oxygens (including phenoxy) is 3. The van der Waals surface area contributed by atoms with Crippen LogP contribution in [0.25, 0.3) is 12.2 Å². The van der Waals surface area contributed by atoms with E-state index in [0.717, 1.165) is 30.4 Å². The fraction of sp³-hybridized carbons (Fsp3) is 0.269. The third-order valence-corrected chi connectivity index (χ3v) is 8.07. The Morgan fingerprint density at radius 2 is 1.03 bits per heavy atom. The number of nitrogens with two attached hydrogens (primary N) is 1. The van der Waals surface area contributed by atoms with Crippen molar-refractivity contribution in [3.8, 4) is 24.7 Å². The number of carbonyl (C=O) groups excluding carboxylic acids is 5. The summed E-state index contributed by atoms with van der Waals surface area (Å²) in [7, 11) is 0. The van der Waals surface area contributed by atoms with Crippen LogP contribution in [0.4, 0.5) is 43.7 Å². The Hall–Kier alpha value is -8.34. The molecule has 4 aromatic carbocycles. The van der Waals surface area contributed by atoms with Crippen LogP contribution in [0.1, 0.15) is 90.5 Å². The van der Waals surface area contributed by atoms with E-state index in [-0.39, 0.29) is 11.8 Å².